The molecule has 0 fully saturated rings. The van der Waals surface area contributed by atoms with Crippen molar-refractivity contribution in [3.8, 4) is 0 Å². The summed E-state index contributed by atoms with van der Waals surface area (Å²) in [7, 11) is 0. The lowest BCUT2D eigenvalue weighted by molar-refractivity contribution is 0.246. The Kier molecular flexibility index (Phi) is 8.31. The summed E-state index contributed by atoms with van der Waals surface area (Å²) >= 11 is 1.79. The van der Waals surface area contributed by atoms with Crippen molar-refractivity contribution >= 4 is 11.3 Å². The van der Waals surface area contributed by atoms with Crippen molar-refractivity contribution in [3.05, 3.63) is 22.4 Å². The molecule has 0 aromatic carbocycles. The molecule has 0 amide bonds. The van der Waals surface area contributed by atoms with E-state index in [1.165, 1.54) is 25.1 Å². The van der Waals surface area contributed by atoms with Gasteiger partial charge in [-0.15, -0.1) is 0 Å². The highest BCUT2D eigenvalue weighted by molar-refractivity contribution is 7.07. The van der Waals surface area contributed by atoms with Crippen LogP contribution in [-0.4, -0.2) is 37.6 Å². The number of hydrogen-bond donors (Lipinski definition) is 1. The van der Waals surface area contributed by atoms with E-state index in [2.05, 4.69) is 47.8 Å². The van der Waals surface area contributed by atoms with Gasteiger partial charge in [0.2, 0.25) is 0 Å². The first-order valence-electron chi connectivity index (χ1n) is 7.20. The number of thiophene rings is 1. The van der Waals surface area contributed by atoms with E-state index < -0.39 is 0 Å². The van der Waals surface area contributed by atoms with Crippen LogP contribution in [0.5, 0.6) is 0 Å². The standard InChI is InChI=1S/C15H28N2S/c1-4-14(3)12-17(5-2)10-9-16-8-6-15-7-11-18-13-15/h7,11,13-14,16H,4-6,8-10,12H2,1-3H3. The largest absolute Gasteiger partial charge is 0.315 e. The van der Waals surface area contributed by atoms with E-state index in [1.54, 1.807) is 11.3 Å². The van der Waals surface area contributed by atoms with Crippen molar-refractivity contribution in [2.75, 3.05) is 32.7 Å². The Balaban J connectivity index is 2.04. The Labute approximate surface area is 116 Å². The predicted molar refractivity (Wildman–Crippen MR) is 82.5 cm³/mol. The van der Waals surface area contributed by atoms with Crippen molar-refractivity contribution in [2.24, 2.45) is 5.92 Å². The van der Waals surface area contributed by atoms with E-state index in [0.717, 1.165) is 32.0 Å². The zero-order valence-electron chi connectivity index (χ0n) is 12.1. The molecule has 0 radical (unpaired) electrons. The lowest BCUT2D eigenvalue weighted by Crippen LogP contribution is -2.35. The Hall–Kier alpha value is -0.380. The molecule has 1 N–H and O–H groups in total. The van der Waals surface area contributed by atoms with Crippen molar-refractivity contribution < 1.29 is 0 Å². The van der Waals surface area contributed by atoms with Gasteiger partial charge in [-0.05, 0) is 47.8 Å². The van der Waals surface area contributed by atoms with E-state index in [-0.39, 0.29) is 0 Å². The first-order valence-corrected chi connectivity index (χ1v) is 8.14. The highest BCUT2D eigenvalue weighted by Crippen LogP contribution is 2.05. The molecule has 1 rings (SSSR count). The molecule has 0 aliphatic rings. The van der Waals surface area contributed by atoms with E-state index >= 15 is 0 Å². The van der Waals surface area contributed by atoms with Crippen LogP contribution in [-0.2, 0) is 6.42 Å². The van der Waals surface area contributed by atoms with Crippen LogP contribution in [0.1, 0.15) is 32.8 Å². The molecule has 104 valence electrons. The Morgan fingerprint density at radius 2 is 2.17 bits per heavy atom. The second-order valence-corrected chi connectivity index (χ2v) is 5.82. The molecule has 1 unspecified atom stereocenters. The summed E-state index contributed by atoms with van der Waals surface area (Å²) in [6, 6.07) is 2.22. The summed E-state index contributed by atoms with van der Waals surface area (Å²) < 4.78 is 0. The van der Waals surface area contributed by atoms with Crippen LogP contribution in [0, 0.1) is 5.92 Å². The molecule has 1 aromatic rings. The topological polar surface area (TPSA) is 15.3 Å². The summed E-state index contributed by atoms with van der Waals surface area (Å²) in [6.45, 7) is 12.6. The SMILES string of the molecule is CCC(C)CN(CC)CCNCCc1ccsc1. The third-order valence-electron chi connectivity index (χ3n) is 3.49. The minimum atomic E-state index is 0.816. The fourth-order valence-electron chi connectivity index (χ4n) is 1.98. The maximum Gasteiger partial charge on any atom is 0.0107 e. The van der Waals surface area contributed by atoms with Crippen LogP contribution in [0.25, 0.3) is 0 Å². The van der Waals surface area contributed by atoms with Gasteiger partial charge >= 0.3 is 0 Å². The van der Waals surface area contributed by atoms with Crippen molar-refractivity contribution in [2.45, 2.75) is 33.6 Å². The van der Waals surface area contributed by atoms with Crippen LogP contribution in [0.4, 0.5) is 0 Å². The summed E-state index contributed by atoms with van der Waals surface area (Å²) in [5.74, 6) is 0.816. The summed E-state index contributed by atoms with van der Waals surface area (Å²) in [5.41, 5.74) is 1.46. The van der Waals surface area contributed by atoms with Gasteiger partial charge in [-0.25, -0.2) is 0 Å². The molecule has 0 bridgehead atoms. The molecular weight excluding hydrogens is 240 g/mol. The smallest absolute Gasteiger partial charge is 0.0107 e. The molecule has 0 spiro atoms. The molecule has 1 heterocycles. The van der Waals surface area contributed by atoms with Gasteiger partial charge in [-0.1, -0.05) is 27.2 Å². The molecule has 3 heteroatoms. The minimum Gasteiger partial charge on any atom is -0.315 e. The molecule has 0 saturated heterocycles. The molecule has 0 aliphatic heterocycles. The van der Waals surface area contributed by atoms with Gasteiger partial charge in [0.1, 0.15) is 0 Å². The van der Waals surface area contributed by atoms with Crippen LogP contribution in [0.2, 0.25) is 0 Å². The maximum atomic E-state index is 3.54. The van der Waals surface area contributed by atoms with Crippen LogP contribution in [0.3, 0.4) is 0 Å². The zero-order valence-corrected chi connectivity index (χ0v) is 12.9. The number of hydrogen-bond acceptors (Lipinski definition) is 3. The van der Waals surface area contributed by atoms with Crippen molar-refractivity contribution in [3.63, 3.8) is 0 Å². The second kappa shape index (κ2) is 9.54. The Morgan fingerprint density at radius 3 is 2.78 bits per heavy atom. The number of rotatable bonds is 10. The summed E-state index contributed by atoms with van der Waals surface area (Å²) in [6.07, 6.45) is 2.43. The van der Waals surface area contributed by atoms with E-state index in [9.17, 15) is 0 Å². The highest BCUT2D eigenvalue weighted by Gasteiger charge is 2.06. The molecule has 2 nitrogen and oxygen atoms in total. The average molecular weight is 268 g/mol. The fourth-order valence-corrected chi connectivity index (χ4v) is 2.68. The predicted octanol–water partition coefficient (Wildman–Crippen LogP) is 3.25. The molecule has 1 atom stereocenters. The van der Waals surface area contributed by atoms with E-state index in [4.69, 9.17) is 0 Å². The lowest BCUT2D eigenvalue weighted by atomic mass is 10.1. The van der Waals surface area contributed by atoms with Gasteiger partial charge in [-0.2, -0.15) is 11.3 Å². The first-order chi connectivity index (χ1) is 8.76. The first kappa shape index (κ1) is 15.7. The Bertz CT molecular complexity index is 285. The number of nitrogens with one attached hydrogen (secondary N) is 1. The average Bonchev–Trinajstić information content (AvgIpc) is 2.89. The fraction of sp³-hybridized carbons (Fsp3) is 0.733. The molecule has 18 heavy (non-hydrogen) atoms. The Morgan fingerprint density at radius 1 is 1.33 bits per heavy atom. The highest BCUT2D eigenvalue weighted by atomic mass is 32.1. The monoisotopic (exact) mass is 268 g/mol. The van der Waals surface area contributed by atoms with Gasteiger partial charge in [0.25, 0.3) is 0 Å². The normalized spacial score (nSPS) is 13.1. The van der Waals surface area contributed by atoms with Gasteiger partial charge in [0, 0.05) is 19.6 Å². The van der Waals surface area contributed by atoms with Gasteiger partial charge in [-0.3, -0.25) is 0 Å². The summed E-state index contributed by atoms with van der Waals surface area (Å²) in [4.78, 5) is 2.55. The van der Waals surface area contributed by atoms with Gasteiger partial charge in [0.05, 0.1) is 0 Å². The van der Waals surface area contributed by atoms with Crippen molar-refractivity contribution in [1.82, 2.24) is 10.2 Å². The lowest BCUT2D eigenvalue weighted by Gasteiger charge is -2.23. The molecule has 0 aliphatic carbocycles. The van der Waals surface area contributed by atoms with Crippen LogP contribution in [0.15, 0.2) is 16.8 Å². The quantitative estimate of drug-likeness (QED) is 0.655. The number of nitrogens with zero attached hydrogens (tertiary/aromatic N) is 1. The summed E-state index contributed by atoms with van der Waals surface area (Å²) in [5, 5.41) is 7.93. The third-order valence-corrected chi connectivity index (χ3v) is 4.22. The minimum absolute atomic E-state index is 0.816. The second-order valence-electron chi connectivity index (χ2n) is 5.04. The van der Waals surface area contributed by atoms with Gasteiger partial charge in [0.15, 0.2) is 0 Å². The van der Waals surface area contributed by atoms with Crippen LogP contribution >= 0.6 is 11.3 Å². The van der Waals surface area contributed by atoms with Crippen LogP contribution < -0.4 is 5.32 Å². The molecule has 0 saturated carbocycles. The third kappa shape index (κ3) is 6.53. The van der Waals surface area contributed by atoms with Gasteiger partial charge < -0.3 is 10.2 Å². The molecule has 1 aromatic heterocycles. The zero-order chi connectivity index (χ0) is 13.2. The van der Waals surface area contributed by atoms with E-state index in [0.29, 0.717) is 0 Å². The number of likely N-dealkylation sites (N-methyl/N-ethyl adjacent to an activating group) is 1. The van der Waals surface area contributed by atoms with Crippen molar-refractivity contribution in [1.29, 1.82) is 0 Å². The van der Waals surface area contributed by atoms with E-state index in [1.807, 2.05) is 0 Å². The maximum absolute atomic E-state index is 3.54. The molecular formula is C15H28N2S.